The summed E-state index contributed by atoms with van der Waals surface area (Å²) >= 11 is 18.1. The third kappa shape index (κ3) is 2.83. The van der Waals surface area contributed by atoms with Gasteiger partial charge in [-0.25, -0.2) is 0 Å². The van der Waals surface area contributed by atoms with Crippen LogP contribution in [0, 0.1) is 0 Å². The maximum atomic E-state index is 11.8. The van der Waals surface area contributed by atoms with Crippen LogP contribution in [0.2, 0.25) is 10.0 Å². The summed E-state index contributed by atoms with van der Waals surface area (Å²) in [5.74, 6) is -0.101. The number of hydrogen-bond acceptors (Lipinski definition) is 3. The highest BCUT2D eigenvalue weighted by Gasteiger charge is 2.28. The monoisotopic (exact) mass is 303 g/mol. The van der Waals surface area contributed by atoms with Gasteiger partial charge in [0, 0.05) is 17.1 Å². The first-order chi connectivity index (χ1) is 7.97. The molecule has 17 heavy (non-hydrogen) atoms. The molecule has 1 heterocycles. The molecule has 1 fully saturated rings. The van der Waals surface area contributed by atoms with Crippen LogP contribution < -0.4 is 0 Å². The molecule has 2 nitrogen and oxygen atoms in total. The second kappa shape index (κ2) is 4.98. The van der Waals surface area contributed by atoms with E-state index in [1.165, 1.54) is 16.7 Å². The number of hydrogen-bond donors (Lipinski definition) is 0. The standard InChI is InChI=1S/C11H7Cl2NOS2/c1-14-10(15)9(17-11(14)16)4-6-2-7(12)5-8(13)3-6/h2-5H,1H3/b9-4-. The third-order valence-corrected chi connectivity index (χ3v) is 4.09. The van der Waals surface area contributed by atoms with Crippen LogP contribution in [-0.4, -0.2) is 22.2 Å². The first kappa shape index (κ1) is 12.9. The molecule has 0 N–H and O–H groups in total. The van der Waals surface area contributed by atoms with Gasteiger partial charge in [-0.3, -0.25) is 9.69 Å². The molecule has 6 heteroatoms. The van der Waals surface area contributed by atoms with Crippen molar-refractivity contribution >= 4 is 63.5 Å². The summed E-state index contributed by atoms with van der Waals surface area (Å²) in [7, 11) is 1.66. The summed E-state index contributed by atoms with van der Waals surface area (Å²) in [4.78, 5) is 13.8. The average molecular weight is 304 g/mol. The molecule has 0 aliphatic carbocycles. The van der Waals surface area contributed by atoms with Crippen molar-refractivity contribution in [3.8, 4) is 0 Å². The number of nitrogens with zero attached hydrogens (tertiary/aromatic N) is 1. The number of rotatable bonds is 1. The molecule has 0 aromatic heterocycles. The van der Waals surface area contributed by atoms with Crippen molar-refractivity contribution in [1.82, 2.24) is 4.90 Å². The predicted molar refractivity (Wildman–Crippen MR) is 77.4 cm³/mol. The summed E-state index contributed by atoms with van der Waals surface area (Å²) in [5, 5.41) is 1.08. The van der Waals surface area contributed by atoms with Crippen molar-refractivity contribution in [2.75, 3.05) is 7.05 Å². The van der Waals surface area contributed by atoms with Gasteiger partial charge in [-0.1, -0.05) is 47.2 Å². The van der Waals surface area contributed by atoms with Crippen molar-refractivity contribution in [2.45, 2.75) is 0 Å². The van der Waals surface area contributed by atoms with Crippen molar-refractivity contribution < 1.29 is 4.79 Å². The number of thioether (sulfide) groups is 1. The Morgan fingerprint density at radius 1 is 1.29 bits per heavy atom. The molecule has 1 aliphatic heterocycles. The predicted octanol–water partition coefficient (Wildman–Crippen LogP) is 3.82. The van der Waals surface area contributed by atoms with Gasteiger partial charge >= 0.3 is 0 Å². The summed E-state index contributed by atoms with van der Waals surface area (Å²) in [6.45, 7) is 0. The second-order valence-electron chi connectivity index (χ2n) is 3.44. The summed E-state index contributed by atoms with van der Waals surface area (Å²) < 4.78 is 0.550. The number of carbonyl (C=O) groups is 1. The van der Waals surface area contributed by atoms with E-state index < -0.39 is 0 Å². The molecule has 0 spiro atoms. The van der Waals surface area contributed by atoms with Gasteiger partial charge in [-0.15, -0.1) is 0 Å². The Balaban J connectivity index is 2.37. The van der Waals surface area contributed by atoms with Gasteiger partial charge in [0.05, 0.1) is 4.91 Å². The van der Waals surface area contributed by atoms with E-state index in [1.807, 2.05) is 0 Å². The van der Waals surface area contributed by atoms with Crippen LogP contribution in [0.15, 0.2) is 23.1 Å². The first-order valence-electron chi connectivity index (χ1n) is 4.65. The zero-order valence-corrected chi connectivity index (χ0v) is 11.9. The molecular weight excluding hydrogens is 297 g/mol. The van der Waals surface area contributed by atoms with Crippen LogP contribution in [0.5, 0.6) is 0 Å². The third-order valence-electron chi connectivity index (χ3n) is 2.17. The maximum absolute atomic E-state index is 11.8. The SMILES string of the molecule is CN1C(=O)/C(=C/c2cc(Cl)cc(Cl)c2)SC1=S. The van der Waals surface area contributed by atoms with E-state index in [0.29, 0.717) is 19.3 Å². The normalized spacial score (nSPS) is 18.3. The van der Waals surface area contributed by atoms with E-state index >= 15 is 0 Å². The molecule has 1 amide bonds. The van der Waals surface area contributed by atoms with E-state index in [9.17, 15) is 4.79 Å². The Bertz CT molecular complexity index is 522. The molecule has 1 aliphatic rings. The lowest BCUT2D eigenvalue weighted by molar-refractivity contribution is -0.121. The van der Waals surface area contributed by atoms with Gasteiger partial charge in [0.1, 0.15) is 4.32 Å². The molecule has 0 saturated carbocycles. The largest absolute Gasteiger partial charge is 0.296 e. The molecule has 0 unspecified atom stereocenters. The summed E-state index contributed by atoms with van der Waals surface area (Å²) in [6.07, 6.45) is 1.74. The number of thiocarbonyl (C=S) groups is 1. The Morgan fingerprint density at radius 2 is 1.88 bits per heavy atom. The Kier molecular flexibility index (Phi) is 3.78. The van der Waals surface area contributed by atoms with E-state index in [1.54, 1.807) is 31.3 Å². The van der Waals surface area contributed by atoms with Gasteiger partial charge in [0.25, 0.3) is 5.91 Å². The van der Waals surface area contributed by atoms with Gasteiger partial charge < -0.3 is 0 Å². The van der Waals surface area contributed by atoms with Crippen LogP contribution in [0.3, 0.4) is 0 Å². The van der Waals surface area contributed by atoms with Crippen LogP contribution >= 0.6 is 47.2 Å². The van der Waals surface area contributed by atoms with E-state index in [0.717, 1.165) is 5.56 Å². The van der Waals surface area contributed by atoms with Gasteiger partial charge in [0.2, 0.25) is 0 Å². The number of benzene rings is 1. The minimum atomic E-state index is -0.101. The summed E-state index contributed by atoms with van der Waals surface area (Å²) in [6, 6.07) is 5.14. The smallest absolute Gasteiger partial charge is 0.265 e. The van der Waals surface area contributed by atoms with Crippen molar-refractivity contribution in [1.29, 1.82) is 0 Å². The Hall–Kier alpha value is -0.550. The first-order valence-corrected chi connectivity index (χ1v) is 6.63. The zero-order valence-electron chi connectivity index (χ0n) is 8.74. The Labute approximate surface area is 119 Å². The average Bonchev–Trinajstić information content (AvgIpc) is 2.45. The number of amides is 1. The highest BCUT2D eigenvalue weighted by atomic mass is 35.5. The lowest BCUT2D eigenvalue weighted by Gasteiger charge is -2.03. The number of carbonyl (C=O) groups excluding carboxylic acids is 1. The topological polar surface area (TPSA) is 20.3 Å². The minimum Gasteiger partial charge on any atom is -0.296 e. The van der Waals surface area contributed by atoms with Crippen LogP contribution in [0.25, 0.3) is 6.08 Å². The fourth-order valence-corrected chi connectivity index (χ4v) is 3.08. The maximum Gasteiger partial charge on any atom is 0.265 e. The molecule has 1 saturated heterocycles. The highest BCUT2D eigenvalue weighted by molar-refractivity contribution is 8.26. The van der Waals surface area contributed by atoms with Crippen LogP contribution in [-0.2, 0) is 4.79 Å². The van der Waals surface area contributed by atoms with Gasteiger partial charge in [-0.05, 0) is 29.8 Å². The molecule has 0 bridgehead atoms. The molecule has 2 rings (SSSR count). The van der Waals surface area contributed by atoms with Crippen molar-refractivity contribution in [3.63, 3.8) is 0 Å². The minimum absolute atomic E-state index is 0.101. The van der Waals surface area contributed by atoms with Gasteiger partial charge in [-0.2, -0.15) is 0 Å². The Morgan fingerprint density at radius 3 is 2.35 bits per heavy atom. The number of likely N-dealkylation sites (N-methyl/N-ethyl adjacent to an activating group) is 1. The molecule has 1 aromatic rings. The lowest BCUT2D eigenvalue weighted by atomic mass is 10.2. The molecule has 0 atom stereocenters. The van der Waals surface area contributed by atoms with Gasteiger partial charge in [0.15, 0.2) is 0 Å². The molecule has 88 valence electrons. The van der Waals surface area contributed by atoms with Crippen molar-refractivity contribution in [2.24, 2.45) is 0 Å². The molecular formula is C11H7Cl2NOS2. The molecule has 0 radical (unpaired) electrons. The highest BCUT2D eigenvalue weighted by Crippen LogP contribution is 2.32. The molecule has 1 aromatic carbocycles. The quantitative estimate of drug-likeness (QED) is 0.581. The van der Waals surface area contributed by atoms with E-state index in [4.69, 9.17) is 35.4 Å². The van der Waals surface area contributed by atoms with E-state index in [-0.39, 0.29) is 5.91 Å². The van der Waals surface area contributed by atoms with Crippen LogP contribution in [0.1, 0.15) is 5.56 Å². The number of halogens is 2. The fourth-order valence-electron chi connectivity index (χ4n) is 1.36. The van der Waals surface area contributed by atoms with Crippen LogP contribution in [0.4, 0.5) is 0 Å². The zero-order chi connectivity index (χ0) is 12.6. The lowest BCUT2D eigenvalue weighted by Crippen LogP contribution is -2.22. The summed E-state index contributed by atoms with van der Waals surface area (Å²) in [5.41, 5.74) is 0.788. The fraction of sp³-hybridized carbons (Fsp3) is 0.0909. The second-order valence-corrected chi connectivity index (χ2v) is 5.99. The van der Waals surface area contributed by atoms with E-state index in [2.05, 4.69) is 0 Å². The van der Waals surface area contributed by atoms with Crippen molar-refractivity contribution in [3.05, 3.63) is 38.7 Å².